The van der Waals surface area contributed by atoms with Crippen LogP contribution in [-0.4, -0.2) is 30.7 Å². The van der Waals surface area contributed by atoms with E-state index in [1.165, 1.54) is 29.6 Å². The molecule has 0 spiro atoms. The van der Waals surface area contributed by atoms with Crippen molar-refractivity contribution in [3.05, 3.63) is 101 Å². The molecule has 0 aliphatic carbocycles. The van der Waals surface area contributed by atoms with Crippen molar-refractivity contribution in [2.45, 2.75) is 11.4 Å². The third kappa shape index (κ3) is 4.50. The largest absolute Gasteiger partial charge is 0.320 e. The summed E-state index contributed by atoms with van der Waals surface area (Å²) in [5.41, 5.74) is 2.06. The van der Waals surface area contributed by atoms with Crippen LogP contribution < -0.4 is 5.32 Å². The number of aromatic nitrogens is 1. The van der Waals surface area contributed by atoms with Gasteiger partial charge in [0, 0.05) is 25.2 Å². The number of nitrogens with zero attached hydrogens (tertiary/aromatic N) is 2. The first-order valence-electron chi connectivity index (χ1n) is 9.81. The van der Waals surface area contributed by atoms with Crippen molar-refractivity contribution >= 4 is 44.1 Å². The fourth-order valence-corrected chi connectivity index (χ4v) is 4.73. The molecule has 0 atom stereocenters. The molecule has 0 radical (unpaired) electrons. The van der Waals surface area contributed by atoms with E-state index in [0.29, 0.717) is 11.2 Å². The van der Waals surface area contributed by atoms with Crippen molar-refractivity contribution in [3.63, 3.8) is 0 Å². The molecule has 0 unspecified atom stereocenters. The Hall–Kier alpha value is -3.26. The van der Waals surface area contributed by atoms with Crippen molar-refractivity contribution in [1.29, 1.82) is 0 Å². The average molecular weight is 466 g/mol. The number of hydrogen-bond acceptors (Lipinski definition) is 4. The number of halogens is 1. The third-order valence-corrected chi connectivity index (χ3v) is 7.15. The topological polar surface area (TPSA) is 79.4 Å². The molecule has 8 heteroatoms. The first kappa shape index (κ1) is 22.0. The smallest absolute Gasteiger partial charge is 0.257 e. The molecule has 0 aliphatic heterocycles. The summed E-state index contributed by atoms with van der Waals surface area (Å²) in [6.45, 7) is 0.203. The Bertz CT molecular complexity index is 1390. The molecular weight excluding hydrogens is 446 g/mol. The summed E-state index contributed by atoms with van der Waals surface area (Å²) in [4.78, 5) is 17.3. The number of benzene rings is 3. The molecule has 3 aromatic carbocycles. The molecule has 4 aromatic rings. The van der Waals surface area contributed by atoms with Crippen LogP contribution in [0.15, 0.2) is 90.0 Å². The summed E-state index contributed by atoms with van der Waals surface area (Å²) in [5, 5.41) is 3.82. The zero-order chi connectivity index (χ0) is 22.7. The van der Waals surface area contributed by atoms with Gasteiger partial charge in [0.1, 0.15) is 0 Å². The Morgan fingerprint density at radius 1 is 1.00 bits per heavy atom. The standard InChI is InChI=1S/C24H20ClN3O3S/c1-28(16-17-7-3-2-4-8-17)32(30,31)19-12-13-21(25)20(15-19)24(29)27-22-11-5-9-18-10-6-14-26-23(18)22/h2-15H,16H2,1H3,(H,27,29). The van der Waals surface area contributed by atoms with Crippen LogP contribution in [0.4, 0.5) is 5.69 Å². The van der Waals surface area contributed by atoms with Gasteiger partial charge in [0.25, 0.3) is 5.91 Å². The number of carbonyl (C=O) groups is 1. The second-order valence-electron chi connectivity index (χ2n) is 7.22. The summed E-state index contributed by atoms with van der Waals surface area (Å²) >= 11 is 6.25. The van der Waals surface area contributed by atoms with Crippen molar-refractivity contribution in [2.75, 3.05) is 12.4 Å². The Morgan fingerprint density at radius 2 is 1.75 bits per heavy atom. The second-order valence-corrected chi connectivity index (χ2v) is 9.68. The number of sulfonamides is 1. The number of amides is 1. The van der Waals surface area contributed by atoms with E-state index in [1.807, 2.05) is 48.5 Å². The van der Waals surface area contributed by atoms with Gasteiger partial charge in [-0.05, 0) is 35.9 Å². The second kappa shape index (κ2) is 9.08. The highest BCUT2D eigenvalue weighted by atomic mass is 35.5. The molecule has 1 amide bonds. The van der Waals surface area contributed by atoms with E-state index in [2.05, 4.69) is 10.3 Å². The highest BCUT2D eigenvalue weighted by Gasteiger charge is 2.23. The third-order valence-electron chi connectivity index (χ3n) is 5.02. The Kier molecular flexibility index (Phi) is 6.23. The lowest BCUT2D eigenvalue weighted by molar-refractivity contribution is 0.102. The summed E-state index contributed by atoms with van der Waals surface area (Å²) in [6.07, 6.45) is 1.64. The first-order chi connectivity index (χ1) is 15.4. The monoisotopic (exact) mass is 465 g/mol. The van der Waals surface area contributed by atoms with Crippen LogP contribution in [0.3, 0.4) is 0 Å². The molecule has 1 aromatic heterocycles. The molecule has 6 nitrogen and oxygen atoms in total. The van der Waals surface area contributed by atoms with Crippen molar-refractivity contribution in [1.82, 2.24) is 9.29 Å². The van der Waals surface area contributed by atoms with Gasteiger partial charge < -0.3 is 5.32 Å². The fourth-order valence-electron chi connectivity index (χ4n) is 3.34. The van der Waals surface area contributed by atoms with Gasteiger partial charge in [-0.25, -0.2) is 8.42 Å². The Morgan fingerprint density at radius 3 is 2.53 bits per heavy atom. The van der Waals surface area contributed by atoms with Gasteiger partial charge in [0.15, 0.2) is 0 Å². The molecule has 4 rings (SSSR count). The van der Waals surface area contributed by atoms with Crippen LogP contribution >= 0.6 is 11.6 Å². The molecule has 1 heterocycles. The number of para-hydroxylation sites is 1. The van der Waals surface area contributed by atoms with Gasteiger partial charge in [-0.2, -0.15) is 4.31 Å². The van der Waals surface area contributed by atoms with Crippen LogP contribution in [0.5, 0.6) is 0 Å². The minimum atomic E-state index is -3.84. The molecule has 0 fully saturated rings. The highest BCUT2D eigenvalue weighted by molar-refractivity contribution is 7.89. The Labute approximate surface area is 191 Å². The van der Waals surface area contributed by atoms with Crippen molar-refractivity contribution in [2.24, 2.45) is 0 Å². The summed E-state index contributed by atoms with van der Waals surface area (Å²) in [6, 6.07) is 22.5. The van der Waals surface area contributed by atoms with E-state index >= 15 is 0 Å². The highest BCUT2D eigenvalue weighted by Crippen LogP contribution is 2.26. The van der Waals surface area contributed by atoms with E-state index in [1.54, 1.807) is 18.3 Å². The van der Waals surface area contributed by atoms with Gasteiger partial charge in [-0.1, -0.05) is 60.1 Å². The number of anilines is 1. The molecule has 162 valence electrons. The number of fused-ring (bicyclic) bond motifs is 1. The predicted octanol–water partition coefficient (Wildman–Crippen LogP) is 4.96. The maximum Gasteiger partial charge on any atom is 0.257 e. The van der Waals surface area contributed by atoms with Crippen LogP contribution in [0.2, 0.25) is 5.02 Å². The van der Waals surface area contributed by atoms with Crippen LogP contribution in [0, 0.1) is 0 Å². The lowest BCUT2D eigenvalue weighted by atomic mass is 10.1. The van der Waals surface area contributed by atoms with E-state index in [4.69, 9.17) is 11.6 Å². The number of rotatable bonds is 6. The summed E-state index contributed by atoms with van der Waals surface area (Å²) in [5.74, 6) is -0.518. The first-order valence-corrected chi connectivity index (χ1v) is 11.6. The molecule has 1 N–H and O–H groups in total. The lowest BCUT2D eigenvalue weighted by Crippen LogP contribution is -2.27. The van der Waals surface area contributed by atoms with E-state index in [9.17, 15) is 13.2 Å². The van der Waals surface area contributed by atoms with Crippen molar-refractivity contribution in [3.8, 4) is 0 Å². The average Bonchev–Trinajstić information content (AvgIpc) is 2.80. The zero-order valence-electron chi connectivity index (χ0n) is 17.2. The SMILES string of the molecule is CN(Cc1ccccc1)S(=O)(=O)c1ccc(Cl)c(C(=O)Nc2cccc3cccnc23)c1. The van der Waals surface area contributed by atoms with Gasteiger partial charge in [0.05, 0.1) is 26.7 Å². The maximum absolute atomic E-state index is 13.1. The summed E-state index contributed by atoms with van der Waals surface area (Å²) in [7, 11) is -2.34. The molecule has 0 saturated carbocycles. The predicted molar refractivity (Wildman–Crippen MR) is 126 cm³/mol. The number of nitrogens with one attached hydrogen (secondary N) is 1. The van der Waals surface area contributed by atoms with Crippen LogP contribution in [0.25, 0.3) is 10.9 Å². The zero-order valence-corrected chi connectivity index (χ0v) is 18.8. The lowest BCUT2D eigenvalue weighted by Gasteiger charge is -2.18. The molecular formula is C24H20ClN3O3S. The van der Waals surface area contributed by atoms with Gasteiger partial charge in [-0.15, -0.1) is 0 Å². The molecule has 0 aliphatic rings. The van der Waals surface area contributed by atoms with Gasteiger partial charge in [-0.3, -0.25) is 9.78 Å². The molecule has 0 saturated heterocycles. The van der Waals surface area contributed by atoms with Gasteiger partial charge in [0.2, 0.25) is 10.0 Å². The van der Waals surface area contributed by atoms with Gasteiger partial charge >= 0.3 is 0 Å². The maximum atomic E-state index is 13.1. The van der Waals surface area contributed by atoms with E-state index in [0.717, 1.165) is 10.9 Å². The minimum absolute atomic E-state index is 0.0125. The normalized spacial score (nSPS) is 11.6. The molecule has 0 bridgehead atoms. The fraction of sp³-hybridized carbons (Fsp3) is 0.0833. The number of pyridine rings is 1. The van der Waals surface area contributed by atoms with Crippen molar-refractivity contribution < 1.29 is 13.2 Å². The number of carbonyl (C=O) groups excluding carboxylic acids is 1. The van der Waals surface area contributed by atoms with E-state index < -0.39 is 15.9 Å². The van der Waals surface area contributed by atoms with Crippen LogP contribution in [-0.2, 0) is 16.6 Å². The van der Waals surface area contributed by atoms with Crippen LogP contribution in [0.1, 0.15) is 15.9 Å². The summed E-state index contributed by atoms with van der Waals surface area (Å²) < 4.78 is 27.4. The number of hydrogen-bond donors (Lipinski definition) is 1. The van der Waals surface area contributed by atoms with E-state index in [-0.39, 0.29) is 22.0 Å². The Balaban J connectivity index is 1.62. The quantitative estimate of drug-likeness (QED) is 0.436. The minimum Gasteiger partial charge on any atom is -0.320 e. The molecule has 32 heavy (non-hydrogen) atoms.